The summed E-state index contributed by atoms with van der Waals surface area (Å²) in [6, 6.07) is 14.6. The standard InChI is InChI=1S/C18H16BrN3O2S/c19-13-5-7-14(8-6-13)20-17(23)4-1-11-22-18(24)10-9-15(21-22)16-3-2-12-25-16/h2-3,5-10,12H,1,4,11H2,(H,20,23). The Kier molecular flexibility index (Phi) is 5.78. The van der Waals surface area contributed by atoms with Crippen LogP contribution in [0.3, 0.4) is 0 Å². The first-order valence-electron chi connectivity index (χ1n) is 7.79. The molecular formula is C18H16BrN3O2S. The monoisotopic (exact) mass is 417 g/mol. The largest absolute Gasteiger partial charge is 0.326 e. The topological polar surface area (TPSA) is 64.0 Å². The van der Waals surface area contributed by atoms with Crippen molar-refractivity contribution < 1.29 is 4.79 Å². The lowest BCUT2D eigenvalue weighted by molar-refractivity contribution is -0.116. The van der Waals surface area contributed by atoms with E-state index >= 15 is 0 Å². The summed E-state index contributed by atoms with van der Waals surface area (Å²) in [6.45, 7) is 0.409. The maximum atomic E-state index is 12.0. The van der Waals surface area contributed by atoms with Crippen LogP contribution in [0.15, 0.2) is 63.2 Å². The Morgan fingerprint density at radius 3 is 2.68 bits per heavy atom. The van der Waals surface area contributed by atoms with E-state index < -0.39 is 0 Å². The average Bonchev–Trinajstić information content (AvgIpc) is 3.13. The van der Waals surface area contributed by atoms with Gasteiger partial charge in [0.25, 0.3) is 5.56 Å². The van der Waals surface area contributed by atoms with E-state index in [1.807, 2.05) is 41.8 Å². The van der Waals surface area contributed by atoms with E-state index in [1.165, 1.54) is 10.7 Å². The number of carbonyl (C=O) groups is 1. The van der Waals surface area contributed by atoms with Crippen LogP contribution >= 0.6 is 27.3 Å². The van der Waals surface area contributed by atoms with Gasteiger partial charge in [0.2, 0.25) is 5.91 Å². The maximum Gasteiger partial charge on any atom is 0.266 e. The van der Waals surface area contributed by atoms with Crippen LogP contribution < -0.4 is 10.9 Å². The normalized spacial score (nSPS) is 10.6. The number of aromatic nitrogens is 2. The van der Waals surface area contributed by atoms with E-state index in [0.29, 0.717) is 19.4 Å². The molecule has 0 spiro atoms. The highest BCUT2D eigenvalue weighted by Gasteiger charge is 2.06. The van der Waals surface area contributed by atoms with Crippen molar-refractivity contribution in [3.63, 3.8) is 0 Å². The Morgan fingerprint density at radius 1 is 1.16 bits per heavy atom. The second kappa shape index (κ2) is 8.22. The summed E-state index contributed by atoms with van der Waals surface area (Å²) in [7, 11) is 0. The van der Waals surface area contributed by atoms with Gasteiger partial charge in [-0.15, -0.1) is 11.3 Å². The van der Waals surface area contributed by atoms with Gasteiger partial charge in [0.05, 0.1) is 4.88 Å². The van der Waals surface area contributed by atoms with Gasteiger partial charge in [0, 0.05) is 29.2 Å². The number of carbonyl (C=O) groups excluding carboxylic acids is 1. The zero-order valence-electron chi connectivity index (χ0n) is 13.3. The predicted molar refractivity (Wildman–Crippen MR) is 104 cm³/mol. The van der Waals surface area contributed by atoms with Crippen LogP contribution in [0, 0.1) is 0 Å². The lowest BCUT2D eigenvalue weighted by Gasteiger charge is -2.07. The molecule has 0 saturated carbocycles. The number of aryl methyl sites for hydroxylation is 1. The first kappa shape index (κ1) is 17.6. The number of hydrogen-bond donors (Lipinski definition) is 1. The summed E-state index contributed by atoms with van der Waals surface area (Å²) in [6.07, 6.45) is 0.872. The van der Waals surface area contributed by atoms with Crippen molar-refractivity contribution in [1.82, 2.24) is 9.78 Å². The van der Waals surface area contributed by atoms with Gasteiger partial charge in [-0.05, 0) is 48.2 Å². The molecule has 7 heteroatoms. The summed E-state index contributed by atoms with van der Waals surface area (Å²) in [4.78, 5) is 25.0. The Bertz CT molecular complexity index is 905. The lowest BCUT2D eigenvalue weighted by Crippen LogP contribution is -2.23. The van der Waals surface area contributed by atoms with Crippen molar-refractivity contribution in [3.8, 4) is 10.6 Å². The van der Waals surface area contributed by atoms with Crippen molar-refractivity contribution in [2.45, 2.75) is 19.4 Å². The summed E-state index contributed by atoms with van der Waals surface area (Å²) in [5, 5.41) is 9.19. The molecule has 0 radical (unpaired) electrons. The molecule has 3 aromatic rings. The molecule has 0 bridgehead atoms. The SMILES string of the molecule is O=C(CCCn1nc(-c2cccs2)ccc1=O)Nc1ccc(Br)cc1. The maximum absolute atomic E-state index is 12.0. The Balaban J connectivity index is 1.56. The second-order valence-corrected chi connectivity index (χ2v) is 7.28. The molecule has 2 aromatic heterocycles. The smallest absolute Gasteiger partial charge is 0.266 e. The van der Waals surface area contributed by atoms with Crippen molar-refractivity contribution in [2.75, 3.05) is 5.32 Å². The number of nitrogens with one attached hydrogen (secondary N) is 1. The molecule has 128 valence electrons. The molecule has 2 heterocycles. The highest BCUT2D eigenvalue weighted by atomic mass is 79.9. The number of thiophene rings is 1. The Hall–Kier alpha value is -2.25. The minimum Gasteiger partial charge on any atom is -0.326 e. The molecule has 0 aliphatic heterocycles. The molecule has 0 unspecified atom stereocenters. The van der Waals surface area contributed by atoms with Crippen LogP contribution in [0.4, 0.5) is 5.69 Å². The van der Waals surface area contributed by atoms with Crippen molar-refractivity contribution in [1.29, 1.82) is 0 Å². The van der Waals surface area contributed by atoms with Gasteiger partial charge in [0.1, 0.15) is 5.69 Å². The number of rotatable bonds is 6. The molecule has 0 saturated heterocycles. The first-order valence-corrected chi connectivity index (χ1v) is 9.46. The predicted octanol–water partition coefficient (Wildman–Crippen LogP) is 4.15. The third kappa shape index (κ3) is 4.87. The van der Waals surface area contributed by atoms with Gasteiger partial charge in [-0.25, -0.2) is 4.68 Å². The van der Waals surface area contributed by atoms with E-state index in [4.69, 9.17) is 0 Å². The van der Waals surface area contributed by atoms with Gasteiger partial charge in [0.15, 0.2) is 0 Å². The summed E-state index contributed by atoms with van der Waals surface area (Å²) < 4.78 is 2.38. The third-order valence-electron chi connectivity index (χ3n) is 3.54. The molecule has 25 heavy (non-hydrogen) atoms. The number of halogens is 1. The quantitative estimate of drug-likeness (QED) is 0.654. The number of benzene rings is 1. The zero-order valence-corrected chi connectivity index (χ0v) is 15.7. The molecule has 5 nitrogen and oxygen atoms in total. The first-order chi connectivity index (χ1) is 12.1. The lowest BCUT2D eigenvalue weighted by atomic mass is 10.2. The molecule has 1 amide bonds. The van der Waals surface area contributed by atoms with Crippen LogP contribution in [0.25, 0.3) is 10.6 Å². The van der Waals surface area contributed by atoms with E-state index in [-0.39, 0.29) is 11.5 Å². The summed E-state index contributed by atoms with van der Waals surface area (Å²) in [5.74, 6) is -0.0789. The van der Waals surface area contributed by atoms with E-state index in [0.717, 1.165) is 20.7 Å². The fourth-order valence-electron chi connectivity index (χ4n) is 2.31. The molecule has 0 atom stereocenters. The average molecular weight is 418 g/mol. The Morgan fingerprint density at radius 2 is 1.96 bits per heavy atom. The Labute approximate surface area is 157 Å². The van der Waals surface area contributed by atoms with E-state index in [1.54, 1.807) is 17.4 Å². The zero-order chi connectivity index (χ0) is 17.6. The van der Waals surface area contributed by atoms with E-state index in [2.05, 4.69) is 26.3 Å². The van der Waals surface area contributed by atoms with Crippen LogP contribution in [-0.4, -0.2) is 15.7 Å². The molecule has 0 aliphatic carbocycles. The third-order valence-corrected chi connectivity index (χ3v) is 4.96. The van der Waals surface area contributed by atoms with Crippen LogP contribution in [-0.2, 0) is 11.3 Å². The minimum atomic E-state index is -0.159. The second-order valence-electron chi connectivity index (χ2n) is 5.42. The molecule has 1 N–H and O–H groups in total. The van der Waals surface area contributed by atoms with Gasteiger partial charge < -0.3 is 5.32 Å². The van der Waals surface area contributed by atoms with Crippen molar-refractivity contribution in [3.05, 3.63) is 68.7 Å². The van der Waals surface area contributed by atoms with Gasteiger partial charge >= 0.3 is 0 Å². The summed E-state index contributed by atoms with van der Waals surface area (Å²) in [5.41, 5.74) is 1.37. The van der Waals surface area contributed by atoms with Crippen LogP contribution in [0.1, 0.15) is 12.8 Å². The number of amides is 1. The molecular weight excluding hydrogens is 402 g/mol. The number of anilines is 1. The highest BCUT2D eigenvalue weighted by Crippen LogP contribution is 2.21. The molecule has 1 aromatic carbocycles. The van der Waals surface area contributed by atoms with Gasteiger partial charge in [-0.2, -0.15) is 5.10 Å². The van der Waals surface area contributed by atoms with E-state index in [9.17, 15) is 9.59 Å². The summed E-state index contributed by atoms with van der Waals surface area (Å²) >= 11 is 4.93. The molecule has 3 rings (SSSR count). The fraction of sp³-hybridized carbons (Fsp3) is 0.167. The molecule has 0 fully saturated rings. The number of hydrogen-bond acceptors (Lipinski definition) is 4. The van der Waals surface area contributed by atoms with Crippen LogP contribution in [0.5, 0.6) is 0 Å². The van der Waals surface area contributed by atoms with Gasteiger partial charge in [-0.1, -0.05) is 22.0 Å². The van der Waals surface area contributed by atoms with Gasteiger partial charge in [-0.3, -0.25) is 9.59 Å². The van der Waals surface area contributed by atoms with Crippen molar-refractivity contribution >= 4 is 38.9 Å². The highest BCUT2D eigenvalue weighted by molar-refractivity contribution is 9.10. The molecule has 0 aliphatic rings. The van der Waals surface area contributed by atoms with Crippen LogP contribution in [0.2, 0.25) is 0 Å². The number of nitrogens with zero attached hydrogens (tertiary/aromatic N) is 2. The van der Waals surface area contributed by atoms with Crippen molar-refractivity contribution in [2.24, 2.45) is 0 Å². The fourth-order valence-corrected chi connectivity index (χ4v) is 3.27. The minimum absolute atomic E-state index is 0.0789.